The van der Waals surface area contributed by atoms with Gasteiger partial charge in [-0.25, -0.2) is 10.4 Å². The standard InChI is InChI=1S/C19H20N4O2/c1-2-25-16-9-7-15(8-10-16)13-21-22-19(24)11-12-23-14-20-17-5-3-4-6-18(17)23/h3-10,13-14H,2,11-12H2,1H3,(H,22,24). The van der Waals surface area contributed by atoms with E-state index in [-0.39, 0.29) is 5.91 Å². The summed E-state index contributed by atoms with van der Waals surface area (Å²) >= 11 is 0. The molecule has 0 saturated carbocycles. The van der Waals surface area contributed by atoms with Gasteiger partial charge in [-0.1, -0.05) is 12.1 Å². The number of nitrogens with one attached hydrogen (secondary N) is 1. The smallest absolute Gasteiger partial charge is 0.241 e. The Morgan fingerprint density at radius 3 is 2.84 bits per heavy atom. The number of imidazole rings is 1. The molecular formula is C19H20N4O2. The molecule has 3 rings (SSSR count). The van der Waals surface area contributed by atoms with Gasteiger partial charge in [-0.05, 0) is 48.9 Å². The second kappa shape index (κ2) is 8.10. The third-order valence-electron chi connectivity index (χ3n) is 3.70. The third kappa shape index (κ3) is 4.44. The Morgan fingerprint density at radius 1 is 1.24 bits per heavy atom. The molecule has 0 aliphatic heterocycles. The topological polar surface area (TPSA) is 68.5 Å². The second-order valence-electron chi connectivity index (χ2n) is 5.47. The number of benzene rings is 2. The van der Waals surface area contributed by atoms with E-state index in [0.29, 0.717) is 19.6 Å². The Bertz CT molecular complexity index is 869. The predicted molar refractivity (Wildman–Crippen MR) is 97.7 cm³/mol. The molecule has 25 heavy (non-hydrogen) atoms. The molecule has 0 spiro atoms. The van der Waals surface area contributed by atoms with Crippen molar-refractivity contribution >= 4 is 23.2 Å². The molecule has 6 heteroatoms. The van der Waals surface area contributed by atoms with Crippen molar-refractivity contribution in [1.82, 2.24) is 15.0 Å². The molecule has 0 aliphatic rings. The number of hydrogen-bond donors (Lipinski definition) is 1. The van der Waals surface area contributed by atoms with Gasteiger partial charge in [0.25, 0.3) is 0 Å². The van der Waals surface area contributed by atoms with Crippen LogP contribution in [0, 0.1) is 0 Å². The maximum absolute atomic E-state index is 11.9. The first-order chi connectivity index (χ1) is 12.3. The molecule has 0 fully saturated rings. The highest BCUT2D eigenvalue weighted by atomic mass is 16.5. The maximum Gasteiger partial charge on any atom is 0.241 e. The summed E-state index contributed by atoms with van der Waals surface area (Å²) in [5.41, 5.74) is 5.39. The van der Waals surface area contributed by atoms with E-state index >= 15 is 0 Å². The van der Waals surface area contributed by atoms with Crippen LogP contribution in [-0.2, 0) is 11.3 Å². The van der Waals surface area contributed by atoms with Gasteiger partial charge in [0.1, 0.15) is 5.75 Å². The van der Waals surface area contributed by atoms with E-state index in [4.69, 9.17) is 4.74 Å². The fraction of sp³-hybridized carbons (Fsp3) is 0.211. The Balaban J connectivity index is 1.49. The molecule has 0 saturated heterocycles. The molecule has 0 atom stereocenters. The van der Waals surface area contributed by atoms with E-state index in [2.05, 4.69) is 15.5 Å². The zero-order valence-electron chi connectivity index (χ0n) is 14.1. The van der Waals surface area contributed by atoms with Gasteiger partial charge in [-0.2, -0.15) is 5.10 Å². The molecule has 0 bridgehead atoms. The lowest BCUT2D eigenvalue weighted by Gasteiger charge is -2.04. The van der Waals surface area contributed by atoms with Crippen LogP contribution in [0.4, 0.5) is 0 Å². The highest BCUT2D eigenvalue weighted by Crippen LogP contribution is 2.12. The fourth-order valence-electron chi connectivity index (χ4n) is 2.46. The number of hydrogen-bond acceptors (Lipinski definition) is 4. The number of para-hydroxylation sites is 2. The summed E-state index contributed by atoms with van der Waals surface area (Å²) in [5, 5.41) is 3.99. The first kappa shape index (κ1) is 16.7. The van der Waals surface area contributed by atoms with Crippen LogP contribution in [0.1, 0.15) is 18.9 Å². The van der Waals surface area contributed by atoms with Crippen LogP contribution in [0.15, 0.2) is 60.0 Å². The van der Waals surface area contributed by atoms with Crippen LogP contribution in [0.3, 0.4) is 0 Å². The minimum absolute atomic E-state index is 0.139. The van der Waals surface area contributed by atoms with Crippen molar-refractivity contribution < 1.29 is 9.53 Å². The number of aromatic nitrogens is 2. The van der Waals surface area contributed by atoms with Gasteiger partial charge in [0.2, 0.25) is 5.91 Å². The average Bonchev–Trinajstić information content (AvgIpc) is 3.05. The van der Waals surface area contributed by atoms with Crippen LogP contribution < -0.4 is 10.2 Å². The summed E-state index contributed by atoms with van der Waals surface area (Å²) in [5.74, 6) is 0.677. The number of ether oxygens (including phenoxy) is 1. The van der Waals surface area contributed by atoms with Crippen LogP contribution in [0.25, 0.3) is 11.0 Å². The molecule has 0 unspecified atom stereocenters. The normalized spacial score (nSPS) is 11.1. The lowest BCUT2D eigenvalue weighted by atomic mass is 10.2. The van der Waals surface area contributed by atoms with Crippen molar-refractivity contribution in [3.63, 3.8) is 0 Å². The number of amides is 1. The molecule has 1 amide bonds. The Morgan fingerprint density at radius 2 is 2.04 bits per heavy atom. The van der Waals surface area contributed by atoms with Crippen LogP contribution in [0.5, 0.6) is 5.75 Å². The number of aryl methyl sites for hydroxylation is 1. The molecule has 6 nitrogen and oxygen atoms in total. The largest absolute Gasteiger partial charge is 0.494 e. The van der Waals surface area contributed by atoms with Gasteiger partial charge >= 0.3 is 0 Å². The van der Waals surface area contributed by atoms with Gasteiger partial charge in [-0.15, -0.1) is 0 Å². The summed E-state index contributed by atoms with van der Waals surface area (Å²) in [7, 11) is 0. The van der Waals surface area contributed by atoms with Crippen LogP contribution in [0.2, 0.25) is 0 Å². The zero-order valence-corrected chi connectivity index (χ0v) is 14.1. The summed E-state index contributed by atoms with van der Waals surface area (Å²) in [6.07, 6.45) is 3.70. The van der Waals surface area contributed by atoms with Gasteiger partial charge in [0.15, 0.2) is 0 Å². The van der Waals surface area contributed by atoms with Crippen molar-refractivity contribution in [1.29, 1.82) is 0 Å². The maximum atomic E-state index is 11.9. The van der Waals surface area contributed by atoms with Crippen molar-refractivity contribution in [3.05, 3.63) is 60.4 Å². The van der Waals surface area contributed by atoms with Crippen LogP contribution >= 0.6 is 0 Å². The summed E-state index contributed by atoms with van der Waals surface area (Å²) in [6, 6.07) is 15.4. The van der Waals surface area contributed by atoms with Crippen molar-refractivity contribution in [2.75, 3.05) is 6.61 Å². The lowest BCUT2D eigenvalue weighted by Crippen LogP contribution is -2.19. The molecule has 0 aliphatic carbocycles. The van der Waals surface area contributed by atoms with Crippen molar-refractivity contribution in [2.45, 2.75) is 19.9 Å². The first-order valence-electron chi connectivity index (χ1n) is 8.21. The SMILES string of the molecule is CCOc1ccc(C=NNC(=O)CCn2cnc3ccccc32)cc1. The molecule has 3 aromatic rings. The lowest BCUT2D eigenvalue weighted by molar-refractivity contribution is -0.121. The minimum Gasteiger partial charge on any atom is -0.494 e. The molecule has 128 valence electrons. The van der Waals surface area contributed by atoms with Gasteiger partial charge < -0.3 is 9.30 Å². The predicted octanol–water partition coefficient (Wildman–Crippen LogP) is 2.98. The van der Waals surface area contributed by atoms with E-state index in [0.717, 1.165) is 22.3 Å². The summed E-state index contributed by atoms with van der Waals surface area (Å²) in [4.78, 5) is 16.2. The summed E-state index contributed by atoms with van der Waals surface area (Å²) < 4.78 is 7.34. The Hall–Kier alpha value is -3.15. The van der Waals surface area contributed by atoms with E-state index in [1.54, 1.807) is 12.5 Å². The Labute approximate surface area is 146 Å². The fourth-order valence-corrected chi connectivity index (χ4v) is 2.46. The zero-order chi connectivity index (χ0) is 17.5. The van der Waals surface area contributed by atoms with E-state index in [9.17, 15) is 4.79 Å². The average molecular weight is 336 g/mol. The highest BCUT2D eigenvalue weighted by Gasteiger charge is 2.04. The number of nitrogens with zero attached hydrogens (tertiary/aromatic N) is 3. The number of carbonyl (C=O) groups is 1. The molecule has 1 aromatic heterocycles. The Kier molecular flexibility index (Phi) is 5.41. The molecule has 0 radical (unpaired) electrons. The number of fused-ring (bicyclic) bond motifs is 1. The van der Waals surface area contributed by atoms with E-state index in [1.165, 1.54) is 0 Å². The highest BCUT2D eigenvalue weighted by molar-refractivity contribution is 5.82. The molecule has 1 N–H and O–H groups in total. The second-order valence-corrected chi connectivity index (χ2v) is 5.47. The van der Waals surface area contributed by atoms with Crippen molar-refractivity contribution in [2.24, 2.45) is 5.10 Å². The first-order valence-corrected chi connectivity index (χ1v) is 8.21. The number of carbonyl (C=O) groups excluding carboxylic acids is 1. The van der Waals surface area contributed by atoms with Crippen LogP contribution in [-0.4, -0.2) is 28.3 Å². The number of hydrazone groups is 1. The van der Waals surface area contributed by atoms with Crippen molar-refractivity contribution in [3.8, 4) is 5.75 Å². The van der Waals surface area contributed by atoms with Gasteiger partial charge in [0.05, 0.1) is 30.2 Å². The third-order valence-corrected chi connectivity index (χ3v) is 3.70. The van der Waals surface area contributed by atoms with Gasteiger partial charge in [0, 0.05) is 13.0 Å². The minimum atomic E-state index is -0.139. The molecule has 2 aromatic carbocycles. The molecular weight excluding hydrogens is 316 g/mol. The monoisotopic (exact) mass is 336 g/mol. The van der Waals surface area contributed by atoms with E-state index < -0.39 is 0 Å². The molecule has 1 heterocycles. The van der Waals surface area contributed by atoms with E-state index in [1.807, 2.05) is 60.0 Å². The number of rotatable bonds is 7. The van der Waals surface area contributed by atoms with Gasteiger partial charge in [-0.3, -0.25) is 4.79 Å². The summed E-state index contributed by atoms with van der Waals surface area (Å²) in [6.45, 7) is 3.14. The quantitative estimate of drug-likeness (QED) is 0.533.